The molecule has 1 heterocycles. The van der Waals surface area contributed by atoms with E-state index in [1.807, 2.05) is 12.1 Å². The maximum Gasteiger partial charge on any atom is 0.251 e. The molecule has 4 heteroatoms. The topological polar surface area (TPSA) is 45.8 Å². The van der Waals surface area contributed by atoms with Crippen LogP contribution in [0.4, 0.5) is 0 Å². The van der Waals surface area contributed by atoms with Crippen molar-refractivity contribution in [1.82, 2.24) is 9.97 Å². The predicted molar refractivity (Wildman–Crippen MR) is 83.3 cm³/mol. The van der Waals surface area contributed by atoms with E-state index in [1.54, 1.807) is 17.8 Å². The smallest absolute Gasteiger partial charge is 0.251 e. The monoisotopic (exact) mass is 286 g/mol. The Labute approximate surface area is 122 Å². The van der Waals surface area contributed by atoms with Crippen molar-refractivity contribution in [3.05, 3.63) is 46.4 Å². The first-order valence-electron chi connectivity index (χ1n) is 7.02. The lowest BCUT2D eigenvalue weighted by atomic mass is 10.0. The standard InChI is InChI=1S/C16H18N2OS/c1-20-13-8-6-12(7-9-13)16-17-14(10-15(19)18-16)11-4-2-3-5-11/h6-11H,2-5H2,1H3,(H,17,18,19). The number of thioether (sulfide) groups is 1. The summed E-state index contributed by atoms with van der Waals surface area (Å²) in [5.74, 6) is 1.15. The van der Waals surface area contributed by atoms with Crippen molar-refractivity contribution in [3.8, 4) is 11.4 Å². The molecule has 1 aromatic carbocycles. The molecule has 0 spiro atoms. The summed E-state index contributed by atoms with van der Waals surface area (Å²) in [6.45, 7) is 0. The maximum atomic E-state index is 11.9. The van der Waals surface area contributed by atoms with Gasteiger partial charge in [-0.3, -0.25) is 4.79 Å². The van der Waals surface area contributed by atoms with Gasteiger partial charge >= 0.3 is 0 Å². The van der Waals surface area contributed by atoms with Crippen LogP contribution in [-0.2, 0) is 0 Å². The van der Waals surface area contributed by atoms with Gasteiger partial charge in [0.1, 0.15) is 5.82 Å². The van der Waals surface area contributed by atoms with Crippen LogP contribution < -0.4 is 5.56 Å². The van der Waals surface area contributed by atoms with Crippen LogP contribution in [0.2, 0.25) is 0 Å². The van der Waals surface area contributed by atoms with Gasteiger partial charge in [0.05, 0.1) is 5.69 Å². The number of hydrogen-bond acceptors (Lipinski definition) is 3. The van der Waals surface area contributed by atoms with Crippen molar-refractivity contribution in [2.45, 2.75) is 36.5 Å². The van der Waals surface area contributed by atoms with Gasteiger partial charge < -0.3 is 4.98 Å². The molecule has 1 aliphatic carbocycles. The molecule has 0 unspecified atom stereocenters. The SMILES string of the molecule is CSc1ccc(-c2nc(C3CCCC3)cc(=O)[nH]2)cc1. The molecule has 20 heavy (non-hydrogen) atoms. The summed E-state index contributed by atoms with van der Waals surface area (Å²) in [5.41, 5.74) is 1.88. The Hall–Kier alpha value is -1.55. The van der Waals surface area contributed by atoms with Gasteiger partial charge in [-0.25, -0.2) is 4.98 Å². The molecule has 1 aromatic heterocycles. The van der Waals surface area contributed by atoms with Crippen LogP contribution in [-0.4, -0.2) is 16.2 Å². The molecule has 0 saturated heterocycles. The molecule has 0 aliphatic heterocycles. The number of H-pyrrole nitrogens is 1. The van der Waals surface area contributed by atoms with E-state index in [-0.39, 0.29) is 5.56 Å². The number of nitrogens with one attached hydrogen (secondary N) is 1. The van der Waals surface area contributed by atoms with E-state index in [1.165, 1.54) is 17.7 Å². The van der Waals surface area contributed by atoms with E-state index >= 15 is 0 Å². The van der Waals surface area contributed by atoms with Gasteiger partial charge in [-0.05, 0) is 31.2 Å². The molecule has 0 atom stereocenters. The molecule has 0 amide bonds. The second-order valence-electron chi connectivity index (χ2n) is 5.23. The molecule has 104 valence electrons. The van der Waals surface area contributed by atoms with E-state index in [9.17, 15) is 4.79 Å². The van der Waals surface area contributed by atoms with Crippen molar-refractivity contribution in [3.63, 3.8) is 0 Å². The number of aromatic nitrogens is 2. The molecular formula is C16H18N2OS. The summed E-state index contributed by atoms with van der Waals surface area (Å²) >= 11 is 1.71. The first-order valence-corrected chi connectivity index (χ1v) is 8.24. The highest BCUT2D eigenvalue weighted by molar-refractivity contribution is 7.98. The molecular weight excluding hydrogens is 268 g/mol. The summed E-state index contributed by atoms with van der Waals surface area (Å²) in [7, 11) is 0. The Morgan fingerprint density at radius 1 is 1.20 bits per heavy atom. The third kappa shape index (κ3) is 2.80. The van der Waals surface area contributed by atoms with Gasteiger partial charge in [-0.2, -0.15) is 0 Å². The number of nitrogens with zero attached hydrogens (tertiary/aromatic N) is 1. The average molecular weight is 286 g/mol. The van der Waals surface area contributed by atoms with E-state index in [4.69, 9.17) is 0 Å². The fourth-order valence-electron chi connectivity index (χ4n) is 2.79. The zero-order valence-electron chi connectivity index (χ0n) is 11.6. The average Bonchev–Trinajstić information content (AvgIpc) is 3.01. The van der Waals surface area contributed by atoms with Crippen LogP contribution in [0.3, 0.4) is 0 Å². The molecule has 3 nitrogen and oxygen atoms in total. The molecule has 1 fully saturated rings. The van der Waals surface area contributed by atoms with Crippen LogP contribution >= 0.6 is 11.8 Å². The zero-order valence-corrected chi connectivity index (χ0v) is 12.4. The van der Waals surface area contributed by atoms with Crippen molar-refractivity contribution >= 4 is 11.8 Å². The minimum atomic E-state index is -0.0501. The van der Waals surface area contributed by atoms with Gasteiger partial charge in [0.2, 0.25) is 0 Å². The minimum Gasteiger partial charge on any atom is -0.307 e. The maximum absolute atomic E-state index is 11.9. The van der Waals surface area contributed by atoms with E-state index < -0.39 is 0 Å². The summed E-state index contributed by atoms with van der Waals surface area (Å²) in [6, 6.07) is 9.81. The lowest BCUT2D eigenvalue weighted by molar-refractivity contribution is 0.693. The van der Waals surface area contributed by atoms with Gasteiger partial charge in [0.25, 0.3) is 5.56 Å². The number of aromatic amines is 1. The summed E-state index contributed by atoms with van der Waals surface area (Å²) in [5, 5.41) is 0. The first kappa shape index (κ1) is 13.4. The van der Waals surface area contributed by atoms with Crippen LogP contribution in [0.5, 0.6) is 0 Å². The summed E-state index contributed by atoms with van der Waals surface area (Å²) in [6.07, 6.45) is 6.85. The van der Waals surface area contributed by atoms with Crippen molar-refractivity contribution in [2.75, 3.05) is 6.26 Å². The second-order valence-corrected chi connectivity index (χ2v) is 6.11. The first-order chi connectivity index (χ1) is 9.76. The number of rotatable bonds is 3. The summed E-state index contributed by atoms with van der Waals surface area (Å²) in [4.78, 5) is 20.6. The molecule has 3 rings (SSSR count). The zero-order chi connectivity index (χ0) is 13.9. The van der Waals surface area contributed by atoms with Gasteiger partial charge in [-0.15, -0.1) is 11.8 Å². The van der Waals surface area contributed by atoms with Gasteiger partial charge in [0, 0.05) is 22.4 Å². The molecule has 2 aromatic rings. The van der Waals surface area contributed by atoms with E-state index in [2.05, 4.69) is 28.4 Å². The third-order valence-electron chi connectivity index (χ3n) is 3.90. The normalized spacial score (nSPS) is 15.7. The fraction of sp³-hybridized carbons (Fsp3) is 0.375. The lowest BCUT2D eigenvalue weighted by Gasteiger charge is -2.10. The van der Waals surface area contributed by atoms with Crippen LogP contribution in [0, 0.1) is 0 Å². The van der Waals surface area contributed by atoms with Crippen molar-refractivity contribution in [2.24, 2.45) is 0 Å². The second kappa shape index (κ2) is 5.83. The molecule has 0 bridgehead atoms. The lowest BCUT2D eigenvalue weighted by Crippen LogP contribution is -2.12. The quantitative estimate of drug-likeness (QED) is 0.873. The van der Waals surface area contributed by atoms with Crippen LogP contribution in [0.1, 0.15) is 37.3 Å². The molecule has 1 saturated carbocycles. The van der Waals surface area contributed by atoms with Crippen molar-refractivity contribution in [1.29, 1.82) is 0 Å². The minimum absolute atomic E-state index is 0.0501. The highest BCUT2D eigenvalue weighted by atomic mass is 32.2. The Balaban J connectivity index is 1.97. The van der Waals surface area contributed by atoms with Crippen LogP contribution in [0.15, 0.2) is 40.0 Å². The third-order valence-corrected chi connectivity index (χ3v) is 4.64. The predicted octanol–water partition coefficient (Wildman–Crippen LogP) is 3.82. The largest absolute Gasteiger partial charge is 0.307 e. The molecule has 1 N–H and O–H groups in total. The Morgan fingerprint density at radius 2 is 1.90 bits per heavy atom. The van der Waals surface area contributed by atoms with Gasteiger partial charge in [-0.1, -0.05) is 25.0 Å². The Kier molecular flexibility index (Phi) is 3.92. The highest BCUT2D eigenvalue weighted by Crippen LogP contribution is 2.33. The fourth-order valence-corrected chi connectivity index (χ4v) is 3.20. The van der Waals surface area contributed by atoms with E-state index in [0.717, 1.165) is 24.1 Å². The van der Waals surface area contributed by atoms with E-state index in [0.29, 0.717) is 11.7 Å². The number of benzene rings is 1. The van der Waals surface area contributed by atoms with Crippen LogP contribution in [0.25, 0.3) is 11.4 Å². The number of hydrogen-bond donors (Lipinski definition) is 1. The van der Waals surface area contributed by atoms with Gasteiger partial charge in [0.15, 0.2) is 0 Å². The Morgan fingerprint density at radius 3 is 2.55 bits per heavy atom. The molecule has 0 radical (unpaired) electrons. The summed E-state index contributed by atoms with van der Waals surface area (Å²) < 4.78 is 0. The molecule has 1 aliphatic rings. The van der Waals surface area contributed by atoms with Crippen molar-refractivity contribution < 1.29 is 0 Å². The highest BCUT2D eigenvalue weighted by Gasteiger charge is 2.19. The Bertz CT molecular complexity index is 642.